The zero-order chi connectivity index (χ0) is 9.84. The van der Waals surface area contributed by atoms with Crippen LogP contribution in [0.2, 0.25) is 0 Å². The predicted octanol–water partition coefficient (Wildman–Crippen LogP) is 2.25. The van der Waals surface area contributed by atoms with E-state index in [2.05, 4.69) is 15.9 Å². The first kappa shape index (κ1) is 9.80. The Hall–Kier alpha value is -1.29. The fourth-order valence-electron chi connectivity index (χ4n) is 0.845. The minimum Gasteiger partial charge on any atom is -0.507 e. The number of phenols is 1. The summed E-state index contributed by atoms with van der Waals surface area (Å²) in [4.78, 5) is 10.2. The molecular formula is C9H7BrO3. The molecule has 0 atom stereocenters. The summed E-state index contributed by atoms with van der Waals surface area (Å²) in [6, 6.07) is 4.88. The summed E-state index contributed by atoms with van der Waals surface area (Å²) in [5.41, 5.74) is 0.463. The van der Waals surface area contributed by atoms with Gasteiger partial charge in [-0.15, -0.1) is 0 Å². The number of aromatic hydroxyl groups is 1. The minimum absolute atomic E-state index is 0.0480. The van der Waals surface area contributed by atoms with Gasteiger partial charge in [0.1, 0.15) is 5.75 Å². The van der Waals surface area contributed by atoms with Crippen molar-refractivity contribution in [1.29, 1.82) is 0 Å². The fraction of sp³-hybridized carbons (Fsp3) is 0. The highest BCUT2D eigenvalue weighted by atomic mass is 79.9. The van der Waals surface area contributed by atoms with Crippen LogP contribution in [0.4, 0.5) is 0 Å². The highest BCUT2D eigenvalue weighted by Gasteiger charge is 2.01. The molecule has 0 aliphatic rings. The van der Waals surface area contributed by atoms with Crippen molar-refractivity contribution in [1.82, 2.24) is 0 Å². The van der Waals surface area contributed by atoms with Crippen LogP contribution in [0.15, 0.2) is 28.7 Å². The van der Waals surface area contributed by atoms with Gasteiger partial charge in [-0.1, -0.05) is 22.0 Å². The maximum absolute atomic E-state index is 10.2. The molecule has 13 heavy (non-hydrogen) atoms. The van der Waals surface area contributed by atoms with Crippen LogP contribution in [0.25, 0.3) is 6.08 Å². The Kier molecular flexibility index (Phi) is 3.08. The van der Waals surface area contributed by atoms with E-state index >= 15 is 0 Å². The highest BCUT2D eigenvalue weighted by molar-refractivity contribution is 9.10. The SMILES string of the molecule is O=C(O)/C=C/c1c(O)cccc1Br. The van der Waals surface area contributed by atoms with Crippen molar-refractivity contribution in [2.24, 2.45) is 0 Å². The van der Waals surface area contributed by atoms with Crippen molar-refractivity contribution < 1.29 is 15.0 Å². The van der Waals surface area contributed by atoms with Gasteiger partial charge in [0.25, 0.3) is 0 Å². The third-order valence-electron chi connectivity index (χ3n) is 1.42. The second kappa shape index (κ2) is 4.09. The van der Waals surface area contributed by atoms with Gasteiger partial charge >= 0.3 is 5.97 Å². The van der Waals surface area contributed by atoms with Gasteiger partial charge < -0.3 is 10.2 Å². The summed E-state index contributed by atoms with van der Waals surface area (Å²) in [6.45, 7) is 0. The quantitative estimate of drug-likeness (QED) is 0.783. The lowest BCUT2D eigenvalue weighted by Crippen LogP contribution is -1.86. The van der Waals surface area contributed by atoms with E-state index in [4.69, 9.17) is 5.11 Å². The molecule has 0 aliphatic heterocycles. The van der Waals surface area contributed by atoms with Gasteiger partial charge in [0, 0.05) is 16.1 Å². The summed E-state index contributed by atoms with van der Waals surface area (Å²) >= 11 is 3.19. The van der Waals surface area contributed by atoms with Crippen LogP contribution >= 0.6 is 15.9 Å². The van der Waals surface area contributed by atoms with E-state index < -0.39 is 5.97 Å². The highest BCUT2D eigenvalue weighted by Crippen LogP contribution is 2.26. The van der Waals surface area contributed by atoms with E-state index in [0.29, 0.717) is 10.0 Å². The maximum Gasteiger partial charge on any atom is 0.328 e. The van der Waals surface area contributed by atoms with Crippen molar-refractivity contribution in [2.75, 3.05) is 0 Å². The number of hydrogen-bond acceptors (Lipinski definition) is 2. The first-order chi connectivity index (χ1) is 6.11. The lowest BCUT2D eigenvalue weighted by molar-refractivity contribution is -0.131. The van der Waals surface area contributed by atoms with Gasteiger partial charge in [-0.25, -0.2) is 4.79 Å². The molecule has 0 unspecified atom stereocenters. The Morgan fingerprint density at radius 3 is 2.69 bits per heavy atom. The molecule has 68 valence electrons. The summed E-state index contributed by atoms with van der Waals surface area (Å²) in [5.74, 6) is -0.998. The van der Waals surface area contributed by atoms with Gasteiger partial charge in [-0.2, -0.15) is 0 Å². The van der Waals surface area contributed by atoms with Crippen LogP contribution in [0, 0.1) is 0 Å². The number of aliphatic carboxylic acids is 1. The number of rotatable bonds is 2. The Morgan fingerprint density at radius 1 is 1.46 bits per heavy atom. The molecule has 0 radical (unpaired) electrons. The number of phenolic OH excluding ortho intramolecular Hbond substituents is 1. The topological polar surface area (TPSA) is 57.5 Å². The van der Waals surface area contributed by atoms with Crippen molar-refractivity contribution in [3.63, 3.8) is 0 Å². The standard InChI is InChI=1S/C9H7BrO3/c10-7-2-1-3-8(11)6(7)4-5-9(12)13/h1-5,11H,(H,12,13)/b5-4+. The average molecular weight is 243 g/mol. The van der Waals surface area contributed by atoms with Crippen molar-refractivity contribution >= 4 is 28.0 Å². The molecule has 0 bridgehead atoms. The van der Waals surface area contributed by atoms with E-state index in [-0.39, 0.29) is 5.75 Å². The maximum atomic E-state index is 10.2. The van der Waals surface area contributed by atoms with Crippen molar-refractivity contribution in [3.05, 3.63) is 34.3 Å². The van der Waals surface area contributed by atoms with Crippen LogP contribution in [0.1, 0.15) is 5.56 Å². The van der Waals surface area contributed by atoms with E-state index in [1.54, 1.807) is 12.1 Å². The molecule has 0 heterocycles. The van der Waals surface area contributed by atoms with Gasteiger partial charge in [0.15, 0.2) is 0 Å². The van der Waals surface area contributed by atoms with Crippen LogP contribution in [-0.2, 0) is 4.79 Å². The molecule has 0 aliphatic carbocycles. The third kappa shape index (κ3) is 2.59. The second-order valence-electron chi connectivity index (χ2n) is 2.34. The summed E-state index contributed by atoms with van der Waals surface area (Å²) in [7, 11) is 0. The van der Waals surface area contributed by atoms with Gasteiger partial charge in [-0.05, 0) is 18.2 Å². The Balaban J connectivity index is 3.06. The molecule has 1 aromatic rings. The van der Waals surface area contributed by atoms with Crippen LogP contribution in [0.3, 0.4) is 0 Å². The number of halogens is 1. The molecule has 0 saturated carbocycles. The summed E-state index contributed by atoms with van der Waals surface area (Å²) in [6.07, 6.45) is 2.31. The van der Waals surface area contributed by atoms with Gasteiger partial charge in [-0.3, -0.25) is 0 Å². The zero-order valence-corrected chi connectivity index (χ0v) is 8.15. The van der Waals surface area contributed by atoms with Crippen LogP contribution < -0.4 is 0 Å². The number of benzene rings is 1. The molecule has 3 nitrogen and oxygen atoms in total. The Morgan fingerprint density at radius 2 is 2.15 bits per heavy atom. The van der Waals surface area contributed by atoms with E-state index in [1.165, 1.54) is 12.1 Å². The fourth-order valence-corrected chi connectivity index (χ4v) is 1.33. The normalized spacial score (nSPS) is 10.5. The lowest BCUT2D eigenvalue weighted by Gasteiger charge is -2.00. The summed E-state index contributed by atoms with van der Waals surface area (Å²) in [5, 5.41) is 17.7. The first-order valence-electron chi connectivity index (χ1n) is 3.50. The lowest BCUT2D eigenvalue weighted by atomic mass is 10.2. The number of hydrogen-bond donors (Lipinski definition) is 2. The molecule has 0 amide bonds. The Bertz CT molecular complexity index is 338. The van der Waals surface area contributed by atoms with Gasteiger partial charge in [0.2, 0.25) is 0 Å². The minimum atomic E-state index is -1.05. The molecule has 0 aromatic heterocycles. The van der Waals surface area contributed by atoms with Gasteiger partial charge in [0.05, 0.1) is 0 Å². The monoisotopic (exact) mass is 242 g/mol. The molecule has 2 N–H and O–H groups in total. The first-order valence-corrected chi connectivity index (χ1v) is 4.29. The Labute approximate surface area is 83.5 Å². The molecular weight excluding hydrogens is 236 g/mol. The molecule has 1 rings (SSSR count). The number of carbonyl (C=O) groups is 1. The predicted molar refractivity (Wildman–Crippen MR) is 52.5 cm³/mol. The average Bonchev–Trinajstić information content (AvgIpc) is 2.03. The summed E-state index contributed by atoms with van der Waals surface area (Å²) < 4.78 is 0.657. The van der Waals surface area contributed by atoms with Crippen LogP contribution in [-0.4, -0.2) is 16.2 Å². The van der Waals surface area contributed by atoms with E-state index in [1.807, 2.05) is 0 Å². The largest absolute Gasteiger partial charge is 0.507 e. The second-order valence-corrected chi connectivity index (χ2v) is 3.20. The number of carboxylic acids is 1. The van der Waals surface area contributed by atoms with Crippen molar-refractivity contribution in [3.8, 4) is 5.75 Å². The molecule has 4 heteroatoms. The number of carboxylic acid groups (broad SMARTS) is 1. The zero-order valence-electron chi connectivity index (χ0n) is 6.57. The van der Waals surface area contributed by atoms with Crippen LogP contribution in [0.5, 0.6) is 5.75 Å². The molecule has 0 saturated heterocycles. The smallest absolute Gasteiger partial charge is 0.328 e. The third-order valence-corrected chi connectivity index (χ3v) is 2.11. The van der Waals surface area contributed by atoms with E-state index in [0.717, 1.165) is 6.08 Å². The molecule has 0 spiro atoms. The molecule has 1 aromatic carbocycles. The van der Waals surface area contributed by atoms with Crippen molar-refractivity contribution in [2.45, 2.75) is 0 Å². The molecule has 0 fully saturated rings. The van der Waals surface area contributed by atoms with E-state index in [9.17, 15) is 9.90 Å².